The van der Waals surface area contributed by atoms with Crippen LogP contribution in [0.4, 0.5) is 4.79 Å². The molecular formula is C23H21N3O2. The van der Waals surface area contributed by atoms with E-state index in [9.17, 15) is 9.59 Å². The predicted molar refractivity (Wildman–Crippen MR) is 109 cm³/mol. The van der Waals surface area contributed by atoms with Crippen molar-refractivity contribution in [1.29, 1.82) is 0 Å². The molecule has 1 saturated heterocycles. The first kappa shape index (κ1) is 17.8. The molecule has 0 aliphatic carbocycles. The van der Waals surface area contributed by atoms with Gasteiger partial charge in [0.1, 0.15) is 5.70 Å². The number of rotatable bonds is 4. The minimum atomic E-state index is -0.398. The summed E-state index contributed by atoms with van der Waals surface area (Å²) in [6.45, 7) is 4.29. The van der Waals surface area contributed by atoms with Gasteiger partial charge in [-0.2, -0.15) is 0 Å². The highest BCUT2D eigenvalue weighted by Gasteiger charge is 2.33. The highest BCUT2D eigenvalue weighted by atomic mass is 16.2. The van der Waals surface area contributed by atoms with Gasteiger partial charge < -0.3 is 9.88 Å². The third-order valence-corrected chi connectivity index (χ3v) is 4.81. The van der Waals surface area contributed by atoms with Gasteiger partial charge in [-0.1, -0.05) is 47.5 Å². The Hall–Kier alpha value is -3.60. The van der Waals surface area contributed by atoms with Gasteiger partial charge in [-0.15, -0.1) is 0 Å². The quantitative estimate of drug-likeness (QED) is 0.552. The summed E-state index contributed by atoms with van der Waals surface area (Å²) >= 11 is 0. The molecule has 0 spiro atoms. The van der Waals surface area contributed by atoms with Crippen molar-refractivity contribution in [3.63, 3.8) is 0 Å². The lowest BCUT2D eigenvalue weighted by molar-refractivity contribution is -0.123. The first-order valence-electron chi connectivity index (χ1n) is 9.16. The van der Waals surface area contributed by atoms with Gasteiger partial charge in [0.25, 0.3) is 5.91 Å². The molecule has 0 saturated carbocycles. The Morgan fingerprint density at radius 3 is 2.21 bits per heavy atom. The molecule has 4 rings (SSSR count). The van der Waals surface area contributed by atoms with Crippen molar-refractivity contribution in [2.45, 2.75) is 20.4 Å². The van der Waals surface area contributed by atoms with Crippen molar-refractivity contribution in [1.82, 2.24) is 14.8 Å². The fourth-order valence-corrected chi connectivity index (χ4v) is 3.19. The molecule has 1 aliphatic rings. The summed E-state index contributed by atoms with van der Waals surface area (Å²) in [6.07, 6.45) is 3.65. The third kappa shape index (κ3) is 3.47. The molecule has 1 fully saturated rings. The van der Waals surface area contributed by atoms with Crippen LogP contribution in [0.15, 0.2) is 72.6 Å². The summed E-state index contributed by atoms with van der Waals surface area (Å²) in [5.41, 5.74) is 5.34. The van der Waals surface area contributed by atoms with E-state index in [1.54, 1.807) is 6.08 Å². The van der Waals surface area contributed by atoms with Gasteiger partial charge in [-0.25, -0.2) is 4.79 Å². The van der Waals surface area contributed by atoms with Crippen molar-refractivity contribution < 1.29 is 9.59 Å². The van der Waals surface area contributed by atoms with Crippen molar-refractivity contribution >= 4 is 18.0 Å². The molecule has 5 heteroatoms. The van der Waals surface area contributed by atoms with Crippen molar-refractivity contribution in [3.05, 3.63) is 94.9 Å². The predicted octanol–water partition coefficient (Wildman–Crippen LogP) is 4.19. The zero-order valence-corrected chi connectivity index (χ0v) is 15.8. The number of nitrogens with zero attached hydrogens (tertiary/aromatic N) is 2. The van der Waals surface area contributed by atoms with E-state index < -0.39 is 6.03 Å². The van der Waals surface area contributed by atoms with E-state index in [4.69, 9.17) is 0 Å². The second-order valence-electron chi connectivity index (χ2n) is 7.00. The van der Waals surface area contributed by atoms with Crippen LogP contribution in [0, 0.1) is 13.8 Å². The van der Waals surface area contributed by atoms with Crippen molar-refractivity contribution in [3.8, 4) is 5.69 Å². The zero-order valence-electron chi connectivity index (χ0n) is 15.8. The molecule has 2 heterocycles. The van der Waals surface area contributed by atoms with Crippen LogP contribution >= 0.6 is 0 Å². The largest absolute Gasteiger partial charge is 0.329 e. The molecule has 1 N–H and O–H groups in total. The van der Waals surface area contributed by atoms with Crippen LogP contribution in [-0.2, 0) is 11.3 Å². The molecule has 3 amide bonds. The van der Waals surface area contributed by atoms with Crippen LogP contribution in [-0.4, -0.2) is 21.4 Å². The number of benzene rings is 2. The molecule has 3 aromatic rings. The van der Waals surface area contributed by atoms with E-state index in [2.05, 4.69) is 5.32 Å². The second-order valence-corrected chi connectivity index (χ2v) is 7.00. The van der Waals surface area contributed by atoms with Crippen LogP contribution in [0.3, 0.4) is 0 Å². The van der Waals surface area contributed by atoms with Gasteiger partial charge in [0.2, 0.25) is 0 Å². The number of nitrogens with one attached hydrogen (secondary N) is 1. The third-order valence-electron chi connectivity index (χ3n) is 4.81. The molecule has 1 aliphatic heterocycles. The average Bonchev–Trinajstić information content (AvgIpc) is 3.24. The fourth-order valence-electron chi connectivity index (χ4n) is 3.19. The molecule has 28 heavy (non-hydrogen) atoms. The highest BCUT2D eigenvalue weighted by molar-refractivity contribution is 6.13. The zero-order chi connectivity index (χ0) is 19.7. The minimum absolute atomic E-state index is 0.251. The summed E-state index contributed by atoms with van der Waals surface area (Å²) in [7, 11) is 0. The maximum Gasteiger partial charge on any atom is 0.329 e. The Labute approximate surface area is 163 Å². The van der Waals surface area contributed by atoms with Crippen LogP contribution in [0.25, 0.3) is 11.8 Å². The van der Waals surface area contributed by atoms with Gasteiger partial charge in [0, 0.05) is 17.6 Å². The number of hydrogen-bond acceptors (Lipinski definition) is 2. The van der Waals surface area contributed by atoms with Crippen LogP contribution in [0.1, 0.15) is 22.4 Å². The summed E-state index contributed by atoms with van der Waals surface area (Å²) in [5, 5.41) is 2.70. The summed E-state index contributed by atoms with van der Waals surface area (Å²) in [6, 6.07) is 19.4. The number of aryl methyl sites for hydroxylation is 2. The molecule has 140 valence electrons. The number of carbonyl (C=O) groups is 2. The van der Waals surface area contributed by atoms with E-state index in [1.165, 1.54) is 10.5 Å². The van der Waals surface area contributed by atoms with E-state index in [0.717, 1.165) is 22.5 Å². The number of hydrogen-bond donors (Lipinski definition) is 1. The SMILES string of the molecule is Cc1ccc(CN2C(=O)N/C(=C/c3cccn3-c3ccc(C)cc3)C2=O)cc1. The molecule has 1 aromatic heterocycles. The minimum Gasteiger partial charge on any atom is -0.317 e. The lowest BCUT2D eigenvalue weighted by Gasteiger charge is -2.12. The average molecular weight is 371 g/mol. The Bertz CT molecular complexity index is 1060. The van der Waals surface area contributed by atoms with E-state index >= 15 is 0 Å². The number of amides is 3. The van der Waals surface area contributed by atoms with Gasteiger partial charge in [-0.05, 0) is 49.8 Å². The molecule has 0 atom stereocenters. The summed E-state index contributed by atoms with van der Waals surface area (Å²) in [5.74, 6) is -0.317. The first-order chi connectivity index (χ1) is 13.5. The van der Waals surface area contributed by atoms with Crippen molar-refractivity contribution in [2.75, 3.05) is 0 Å². The van der Waals surface area contributed by atoms with Gasteiger partial charge in [0.05, 0.1) is 6.54 Å². The lowest BCUT2D eigenvalue weighted by atomic mass is 10.1. The normalized spacial score (nSPS) is 15.4. The molecule has 0 unspecified atom stereocenters. The summed E-state index contributed by atoms with van der Waals surface area (Å²) < 4.78 is 1.98. The van der Waals surface area contributed by atoms with Gasteiger partial charge in [0.15, 0.2) is 0 Å². The lowest BCUT2D eigenvalue weighted by Crippen LogP contribution is -2.30. The maximum atomic E-state index is 12.8. The monoisotopic (exact) mass is 371 g/mol. The Morgan fingerprint density at radius 2 is 1.54 bits per heavy atom. The molecule has 5 nitrogen and oxygen atoms in total. The topological polar surface area (TPSA) is 54.3 Å². The number of aromatic nitrogens is 1. The molecule has 0 bridgehead atoms. The van der Waals surface area contributed by atoms with Gasteiger partial charge in [-0.3, -0.25) is 9.69 Å². The van der Waals surface area contributed by atoms with Crippen LogP contribution < -0.4 is 5.32 Å². The standard InChI is InChI=1S/C23H21N3O2/c1-16-5-9-18(10-6-16)15-26-22(27)21(24-23(26)28)14-20-4-3-13-25(20)19-11-7-17(2)8-12-19/h3-14H,15H2,1-2H3,(H,24,28)/b21-14+. The first-order valence-corrected chi connectivity index (χ1v) is 9.16. The van der Waals surface area contributed by atoms with Crippen LogP contribution in [0.2, 0.25) is 0 Å². The maximum absolute atomic E-state index is 12.8. The van der Waals surface area contributed by atoms with Crippen molar-refractivity contribution in [2.24, 2.45) is 0 Å². The van der Waals surface area contributed by atoms with E-state index in [0.29, 0.717) is 0 Å². The second kappa shape index (κ2) is 7.19. The summed E-state index contributed by atoms with van der Waals surface area (Å²) in [4.78, 5) is 26.3. The molecule has 2 aromatic carbocycles. The van der Waals surface area contributed by atoms with E-state index in [1.807, 2.05) is 85.3 Å². The van der Waals surface area contributed by atoms with Gasteiger partial charge >= 0.3 is 6.03 Å². The smallest absolute Gasteiger partial charge is 0.317 e. The molecule has 0 radical (unpaired) electrons. The highest BCUT2D eigenvalue weighted by Crippen LogP contribution is 2.20. The number of urea groups is 1. The Balaban J connectivity index is 1.59. The number of carbonyl (C=O) groups excluding carboxylic acids is 2. The van der Waals surface area contributed by atoms with E-state index in [-0.39, 0.29) is 18.1 Å². The fraction of sp³-hybridized carbons (Fsp3) is 0.130. The number of imide groups is 1. The molecular weight excluding hydrogens is 350 g/mol. The Morgan fingerprint density at radius 1 is 0.893 bits per heavy atom. The Kier molecular flexibility index (Phi) is 4.57. The van der Waals surface area contributed by atoms with Crippen LogP contribution in [0.5, 0.6) is 0 Å².